The van der Waals surface area contributed by atoms with Crippen LogP contribution in [0.1, 0.15) is 36.7 Å². The van der Waals surface area contributed by atoms with Crippen LogP contribution in [0, 0.1) is 5.92 Å². The Morgan fingerprint density at radius 2 is 2.00 bits per heavy atom. The Bertz CT molecular complexity index is 958. The second kappa shape index (κ2) is 6.82. The molecule has 7 heteroatoms. The van der Waals surface area contributed by atoms with E-state index in [1.165, 1.54) is 10.1 Å². The van der Waals surface area contributed by atoms with Crippen LogP contribution in [-0.2, 0) is 13.0 Å². The summed E-state index contributed by atoms with van der Waals surface area (Å²) < 4.78 is 1.26. The van der Waals surface area contributed by atoms with Crippen molar-refractivity contribution in [2.75, 3.05) is 17.2 Å². The number of carbonyl (C=O) groups is 1. The SMILES string of the molecule is CC(C)Cn1c(N)c(C(=O)CN2c3ccccc3CC2C)c(=O)[nH]c1=O. The van der Waals surface area contributed by atoms with Crippen molar-refractivity contribution in [2.45, 2.75) is 39.8 Å². The van der Waals surface area contributed by atoms with Crippen LogP contribution in [0.15, 0.2) is 33.9 Å². The molecule has 26 heavy (non-hydrogen) atoms. The first-order chi connectivity index (χ1) is 12.3. The lowest BCUT2D eigenvalue weighted by Crippen LogP contribution is -2.41. The maximum Gasteiger partial charge on any atom is 0.329 e. The third-order valence-corrected chi connectivity index (χ3v) is 4.73. The van der Waals surface area contributed by atoms with Crippen LogP contribution in [0.25, 0.3) is 0 Å². The van der Waals surface area contributed by atoms with Crippen molar-refractivity contribution < 1.29 is 4.79 Å². The molecule has 0 fully saturated rings. The molecule has 7 nitrogen and oxygen atoms in total. The van der Waals surface area contributed by atoms with E-state index in [1.54, 1.807) is 0 Å². The second-order valence-electron chi connectivity index (χ2n) is 7.26. The zero-order valence-corrected chi connectivity index (χ0v) is 15.3. The van der Waals surface area contributed by atoms with Gasteiger partial charge in [-0.25, -0.2) is 4.79 Å². The number of carbonyl (C=O) groups excluding carboxylic acids is 1. The summed E-state index contributed by atoms with van der Waals surface area (Å²) in [7, 11) is 0. The quantitative estimate of drug-likeness (QED) is 0.789. The Hall–Kier alpha value is -2.83. The van der Waals surface area contributed by atoms with Crippen LogP contribution in [0.3, 0.4) is 0 Å². The average Bonchev–Trinajstić information content (AvgIpc) is 2.87. The van der Waals surface area contributed by atoms with Gasteiger partial charge in [0.05, 0.1) is 6.54 Å². The van der Waals surface area contributed by atoms with Crippen molar-refractivity contribution >= 4 is 17.3 Å². The first kappa shape index (κ1) is 18.0. The number of nitrogens with zero attached hydrogens (tertiary/aromatic N) is 2. The van der Waals surface area contributed by atoms with E-state index in [2.05, 4.69) is 4.98 Å². The summed E-state index contributed by atoms with van der Waals surface area (Å²) in [6.07, 6.45) is 0.849. The van der Waals surface area contributed by atoms with Crippen LogP contribution < -0.4 is 21.9 Å². The van der Waals surface area contributed by atoms with Crippen LogP contribution >= 0.6 is 0 Å². The number of ketones is 1. The van der Waals surface area contributed by atoms with E-state index < -0.39 is 11.2 Å². The lowest BCUT2D eigenvalue weighted by atomic mass is 10.1. The van der Waals surface area contributed by atoms with Gasteiger partial charge in [-0.1, -0.05) is 32.0 Å². The Morgan fingerprint density at radius 1 is 1.31 bits per heavy atom. The molecule has 0 aliphatic carbocycles. The van der Waals surface area contributed by atoms with Crippen molar-refractivity contribution in [1.82, 2.24) is 9.55 Å². The molecule has 2 aromatic rings. The van der Waals surface area contributed by atoms with Gasteiger partial charge >= 0.3 is 5.69 Å². The molecule has 0 radical (unpaired) electrons. The van der Waals surface area contributed by atoms with Crippen molar-refractivity contribution in [2.24, 2.45) is 5.92 Å². The second-order valence-corrected chi connectivity index (χ2v) is 7.26. The number of hydrogen-bond acceptors (Lipinski definition) is 5. The fraction of sp³-hybridized carbons (Fsp3) is 0.421. The predicted molar refractivity (Wildman–Crippen MR) is 102 cm³/mol. The first-order valence-electron chi connectivity index (χ1n) is 8.80. The summed E-state index contributed by atoms with van der Waals surface area (Å²) in [6, 6.07) is 8.07. The van der Waals surface area contributed by atoms with E-state index in [9.17, 15) is 14.4 Å². The molecule has 1 aromatic heterocycles. The molecule has 0 bridgehead atoms. The predicted octanol–water partition coefficient (Wildman–Crippen LogP) is 1.41. The number of Topliss-reactive ketones (excluding diaryl/α,β-unsaturated/α-hetero) is 1. The van der Waals surface area contributed by atoms with E-state index in [-0.39, 0.29) is 35.7 Å². The fourth-order valence-corrected chi connectivity index (χ4v) is 3.51. The molecule has 1 aliphatic rings. The molecule has 1 unspecified atom stereocenters. The summed E-state index contributed by atoms with van der Waals surface area (Å²) in [5.74, 6) is -0.295. The zero-order chi connectivity index (χ0) is 19.0. The van der Waals surface area contributed by atoms with E-state index in [4.69, 9.17) is 5.73 Å². The minimum atomic E-state index is -0.724. The lowest BCUT2D eigenvalue weighted by molar-refractivity contribution is 0.0996. The fourth-order valence-electron chi connectivity index (χ4n) is 3.51. The molecular formula is C19H24N4O3. The summed E-state index contributed by atoms with van der Waals surface area (Å²) in [4.78, 5) is 41.4. The van der Waals surface area contributed by atoms with Crippen molar-refractivity contribution in [3.8, 4) is 0 Å². The molecule has 0 spiro atoms. The molecule has 0 saturated heterocycles. The lowest BCUT2D eigenvalue weighted by Gasteiger charge is -2.24. The Morgan fingerprint density at radius 3 is 2.69 bits per heavy atom. The maximum atomic E-state index is 12.9. The van der Waals surface area contributed by atoms with Gasteiger partial charge in [-0.3, -0.25) is 19.1 Å². The highest BCUT2D eigenvalue weighted by Gasteiger charge is 2.29. The van der Waals surface area contributed by atoms with E-state index in [0.717, 1.165) is 12.1 Å². The Kier molecular flexibility index (Phi) is 4.71. The van der Waals surface area contributed by atoms with Gasteiger partial charge in [-0.15, -0.1) is 0 Å². The Balaban J connectivity index is 1.96. The molecule has 3 rings (SSSR count). The van der Waals surface area contributed by atoms with Gasteiger partial charge < -0.3 is 10.6 Å². The van der Waals surface area contributed by atoms with Crippen LogP contribution in [0.4, 0.5) is 11.5 Å². The van der Waals surface area contributed by atoms with Crippen LogP contribution in [0.5, 0.6) is 0 Å². The molecule has 1 aromatic carbocycles. The number of hydrogen-bond donors (Lipinski definition) is 2. The van der Waals surface area contributed by atoms with Gasteiger partial charge in [0.15, 0.2) is 5.78 Å². The number of benzene rings is 1. The molecule has 1 atom stereocenters. The van der Waals surface area contributed by atoms with Gasteiger partial charge in [0.1, 0.15) is 11.4 Å². The number of nitrogens with one attached hydrogen (secondary N) is 1. The number of nitrogen functional groups attached to an aromatic ring is 1. The van der Waals surface area contributed by atoms with E-state index in [0.29, 0.717) is 6.54 Å². The number of para-hydroxylation sites is 1. The molecule has 2 heterocycles. The number of aromatic amines is 1. The highest BCUT2D eigenvalue weighted by atomic mass is 16.2. The number of fused-ring (bicyclic) bond motifs is 1. The number of nitrogens with two attached hydrogens (primary N) is 1. The van der Waals surface area contributed by atoms with E-state index >= 15 is 0 Å². The summed E-state index contributed by atoms with van der Waals surface area (Å²) in [5, 5.41) is 0. The monoisotopic (exact) mass is 356 g/mol. The van der Waals surface area contributed by atoms with Gasteiger partial charge in [0.25, 0.3) is 5.56 Å². The molecule has 0 saturated carbocycles. The van der Waals surface area contributed by atoms with Gasteiger partial charge in [0.2, 0.25) is 0 Å². The summed E-state index contributed by atoms with van der Waals surface area (Å²) in [6.45, 7) is 6.29. The average molecular weight is 356 g/mol. The van der Waals surface area contributed by atoms with Crippen LogP contribution in [0.2, 0.25) is 0 Å². The smallest absolute Gasteiger partial charge is 0.329 e. The van der Waals surface area contributed by atoms with Gasteiger partial charge in [-0.2, -0.15) is 0 Å². The van der Waals surface area contributed by atoms with E-state index in [1.807, 2.05) is 49.9 Å². The molecule has 3 N–H and O–H groups in total. The van der Waals surface area contributed by atoms with Crippen LogP contribution in [-0.4, -0.2) is 27.9 Å². The normalized spacial score (nSPS) is 16.2. The molecular weight excluding hydrogens is 332 g/mol. The third kappa shape index (κ3) is 3.16. The van der Waals surface area contributed by atoms with Gasteiger partial charge in [-0.05, 0) is 30.9 Å². The largest absolute Gasteiger partial charge is 0.384 e. The highest BCUT2D eigenvalue weighted by Crippen LogP contribution is 2.31. The Labute approximate surface area is 151 Å². The minimum Gasteiger partial charge on any atom is -0.384 e. The summed E-state index contributed by atoms with van der Waals surface area (Å²) in [5.41, 5.74) is 6.77. The van der Waals surface area contributed by atoms with Crippen molar-refractivity contribution in [3.05, 3.63) is 56.2 Å². The van der Waals surface area contributed by atoms with Crippen molar-refractivity contribution in [1.29, 1.82) is 0 Å². The maximum absolute atomic E-state index is 12.9. The minimum absolute atomic E-state index is 0.0470. The molecule has 138 valence electrons. The third-order valence-electron chi connectivity index (χ3n) is 4.73. The zero-order valence-electron chi connectivity index (χ0n) is 15.3. The highest BCUT2D eigenvalue weighted by molar-refractivity contribution is 6.02. The standard InChI is InChI=1S/C19H24N4O3/c1-11(2)9-23-17(20)16(18(25)21-19(23)26)15(24)10-22-12(3)8-13-6-4-5-7-14(13)22/h4-7,11-12H,8-10,20H2,1-3H3,(H,21,25,26). The number of anilines is 2. The molecule has 1 aliphatic heterocycles. The van der Waals surface area contributed by atoms with Gasteiger partial charge in [0, 0.05) is 18.3 Å². The number of H-pyrrole nitrogens is 1. The van der Waals surface area contributed by atoms with Crippen molar-refractivity contribution in [3.63, 3.8) is 0 Å². The number of aromatic nitrogens is 2. The first-order valence-corrected chi connectivity index (χ1v) is 8.80. The number of rotatable bonds is 5. The molecule has 0 amide bonds. The summed E-state index contributed by atoms with van der Waals surface area (Å²) >= 11 is 0. The topological polar surface area (TPSA) is 101 Å².